The zero-order chi connectivity index (χ0) is 15.0. The minimum absolute atomic E-state index is 0.562. The molecular formula is C16H13N3S2. The fourth-order valence-corrected chi connectivity index (χ4v) is 4.37. The smallest absolute Gasteiger partial charge is 0.129 e. The number of nitriles is 1. The molecule has 104 valence electrons. The summed E-state index contributed by atoms with van der Waals surface area (Å²) >= 11 is 3.20. The van der Waals surface area contributed by atoms with E-state index in [0.717, 1.165) is 20.9 Å². The second kappa shape index (κ2) is 5.32. The third kappa shape index (κ3) is 2.33. The predicted molar refractivity (Wildman–Crippen MR) is 89.5 cm³/mol. The van der Waals surface area contributed by atoms with Gasteiger partial charge in [0, 0.05) is 27.7 Å². The second-order valence-electron chi connectivity index (χ2n) is 4.75. The van der Waals surface area contributed by atoms with E-state index in [2.05, 4.69) is 31.0 Å². The molecule has 5 heteroatoms. The Kier molecular flexibility index (Phi) is 3.50. The number of nitrogens with two attached hydrogens (primary N) is 1. The van der Waals surface area contributed by atoms with Crippen molar-refractivity contribution >= 4 is 28.4 Å². The van der Waals surface area contributed by atoms with Gasteiger partial charge in [-0.3, -0.25) is 4.98 Å². The van der Waals surface area contributed by atoms with Crippen LogP contribution >= 0.6 is 22.7 Å². The monoisotopic (exact) mass is 311 g/mol. The first-order chi connectivity index (χ1) is 10.1. The van der Waals surface area contributed by atoms with Crippen molar-refractivity contribution in [3.63, 3.8) is 0 Å². The summed E-state index contributed by atoms with van der Waals surface area (Å²) in [6.45, 7) is 4.21. The Morgan fingerprint density at radius 3 is 2.48 bits per heavy atom. The molecule has 3 nitrogen and oxygen atoms in total. The number of nitrogens with zero attached hydrogens (tertiary/aromatic N) is 2. The summed E-state index contributed by atoms with van der Waals surface area (Å²) in [6.07, 6.45) is 3.49. The minimum Gasteiger partial charge on any atom is -0.396 e. The van der Waals surface area contributed by atoms with Crippen molar-refractivity contribution in [3.8, 4) is 27.0 Å². The number of thiophene rings is 2. The largest absolute Gasteiger partial charge is 0.396 e. The van der Waals surface area contributed by atoms with Crippen molar-refractivity contribution < 1.29 is 0 Å². The molecule has 3 heterocycles. The van der Waals surface area contributed by atoms with E-state index >= 15 is 0 Å². The Balaban J connectivity index is 2.28. The van der Waals surface area contributed by atoms with Gasteiger partial charge in [-0.25, -0.2) is 0 Å². The highest BCUT2D eigenvalue weighted by Gasteiger charge is 2.20. The number of pyridine rings is 1. The second-order valence-corrected chi connectivity index (χ2v) is 7.02. The van der Waals surface area contributed by atoms with Crippen molar-refractivity contribution in [1.82, 2.24) is 4.98 Å². The van der Waals surface area contributed by atoms with E-state index in [1.807, 2.05) is 12.1 Å². The number of hydrogen-bond acceptors (Lipinski definition) is 5. The van der Waals surface area contributed by atoms with Crippen LogP contribution < -0.4 is 5.73 Å². The molecule has 0 fully saturated rings. The first kappa shape index (κ1) is 13.8. The summed E-state index contributed by atoms with van der Waals surface area (Å²) in [6, 6.07) is 8.22. The van der Waals surface area contributed by atoms with E-state index in [-0.39, 0.29) is 0 Å². The summed E-state index contributed by atoms with van der Waals surface area (Å²) < 4.78 is 0. The normalized spacial score (nSPS) is 10.5. The maximum atomic E-state index is 9.28. The summed E-state index contributed by atoms with van der Waals surface area (Å²) in [5, 5.41) is 9.28. The Hall–Kier alpha value is -2.16. The van der Waals surface area contributed by atoms with E-state index in [0.29, 0.717) is 10.6 Å². The maximum absolute atomic E-state index is 9.28. The fourth-order valence-electron chi connectivity index (χ4n) is 2.19. The summed E-state index contributed by atoms with van der Waals surface area (Å²) in [7, 11) is 0. The fraction of sp³-hybridized carbons (Fsp3) is 0.125. The average molecular weight is 311 g/mol. The number of hydrogen-bond donors (Lipinski definition) is 1. The lowest BCUT2D eigenvalue weighted by Gasteiger charge is -2.03. The molecule has 2 N–H and O–H groups in total. The molecule has 3 aromatic rings. The van der Waals surface area contributed by atoms with Crippen LogP contribution in [0.4, 0.5) is 5.69 Å². The van der Waals surface area contributed by atoms with Gasteiger partial charge in [0.05, 0.1) is 10.6 Å². The number of aromatic nitrogens is 1. The van der Waals surface area contributed by atoms with Gasteiger partial charge in [0.25, 0.3) is 0 Å². The average Bonchev–Trinajstić information content (AvgIpc) is 3.00. The van der Waals surface area contributed by atoms with Gasteiger partial charge in [-0.2, -0.15) is 5.26 Å². The highest BCUT2D eigenvalue weighted by atomic mass is 32.1. The molecule has 0 aliphatic rings. The van der Waals surface area contributed by atoms with Crippen LogP contribution in [0.3, 0.4) is 0 Å². The lowest BCUT2D eigenvalue weighted by Crippen LogP contribution is -1.89. The van der Waals surface area contributed by atoms with Crippen molar-refractivity contribution in [2.75, 3.05) is 5.73 Å². The number of nitrogen functional groups attached to an aromatic ring is 1. The predicted octanol–water partition coefficient (Wildman–Crippen LogP) is 4.61. The van der Waals surface area contributed by atoms with Crippen LogP contribution in [0.2, 0.25) is 0 Å². The van der Waals surface area contributed by atoms with E-state index in [4.69, 9.17) is 5.73 Å². The van der Waals surface area contributed by atoms with Crippen LogP contribution in [0.25, 0.3) is 20.9 Å². The van der Waals surface area contributed by atoms with E-state index < -0.39 is 0 Å². The van der Waals surface area contributed by atoms with Crippen molar-refractivity contribution in [2.45, 2.75) is 13.8 Å². The highest BCUT2D eigenvalue weighted by molar-refractivity contribution is 7.23. The molecule has 0 amide bonds. The third-order valence-corrected chi connectivity index (χ3v) is 5.85. The Labute approximate surface area is 131 Å². The molecule has 21 heavy (non-hydrogen) atoms. The molecule has 0 saturated heterocycles. The molecule has 0 spiro atoms. The summed E-state index contributed by atoms with van der Waals surface area (Å²) in [4.78, 5) is 8.13. The van der Waals surface area contributed by atoms with Crippen LogP contribution in [0, 0.1) is 25.2 Å². The SMILES string of the molecule is Cc1cc(-c2sc(C#N)c(N)c2-c2ccncc2)sc1C. The minimum atomic E-state index is 0.562. The molecule has 3 aromatic heterocycles. The highest BCUT2D eigenvalue weighted by Crippen LogP contribution is 2.47. The summed E-state index contributed by atoms with van der Waals surface area (Å²) in [5.74, 6) is 0. The molecule has 0 atom stereocenters. The van der Waals surface area contributed by atoms with Crippen molar-refractivity contribution in [2.24, 2.45) is 0 Å². The molecule has 0 saturated carbocycles. The molecule has 0 aliphatic carbocycles. The number of aryl methyl sites for hydroxylation is 2. The van der Waals surface area contributed by atoms with Gasteiger partial charge in [-0.15, -0.1) is 22.7 Å². The number of rotatable bonds is 2. The lowest BCUT2D eigenvalue weighted by atomic mass is 10.0. The van der Waals surface area contributed by atoms with Crippen LogP contribution in [-0.2, 0) is 0 Å². The standard InChI is InChI=1S/C16H13N3S2/c1-9-7-12(20-10(9)2)16-14(11-3-5-19-6-4-11)15(18)13(8-17)21-16/h3-7H,18H2,1-2H3. The van der Waals surface area contributed by atoms with E-state index in [1.54, 1.807) is 23.7 Å². The summed E-state index contributed by atoms with van der Waals surface area (Å²) in [5.41, 5.74) is 9.97. The lowest BCUT2D eigenvalue weighted by molar-refractivity contribution is 1.33. The Morgan fingerprint density at radius 1 is 1.19 bits per heavy atom. The molecule has 0 unspecified atom stereocenters. The quantitative estimate of drug-likeness (QED) is 0.751. The molecule has 0 bridgehead atoms. The first-order valence-corrected chi connectivity index (χ1v) is 8.05. The van der Waals surface area contributed by atoms with Crippen molar-refractivity contribution in [1.29, 1.82) is 5.26 Å². The Morgan fingerprint density at radius 2 is 1.90 bits per heavy atom. The molecule has 0 aliphatic heterocycles. The van der Waals surface area contributed by atoms with Gasteiger partial charge in [-0.1, -0.05) is 0 Å². The maximum Gasteiger partial charge on any atom is 0.129 e. The van der Waals surface area contributed by atoms with E-state index in [9.17, 15) is 5.26 Å². The zero-order valence-electron chi connectivity index (χ0n) is 11.7. The topological polar surface area (TPSA) is 62.7 Å². The number of anilines is 1. The van der Waals surface area contributed by atoms with Gasteiger partial charge < -0.3 is 5.73 Å². The van der Waals surface area contributed by atoms with Gasteiger partial charge in [0.2, 0.25) is 0 Å². The van der Waals surface area contributed by atoms with Gasteiger partial charge in [0.1, 0.15) is 10.9 Å². The van der Waals surface area contributed by atoms with Crippen LogP contribution in [0.15, 0.2) is 30.6 Å². The van der Waals surface area contributed by atoms with Crippen LogP contribution in [0.5, 0.6) is 0 Å². The third-order valence-electron chi connectivity index (χ3n) is 3.41. The molecule has 0 aromatic carbocycles. The first-order valence-electron chi connectivity index (χ1n) is 6.42. The van der Waals surface area contributed by atoms with Crippen molar-refractivity contribution in [3.05, 3.63) is 45.9 Å². The van der Waals surface area contributed by atoms with Crippen LogP contribution in [-0.4, -0.2) is 4.98 Å². The Bertz CT molecular complexity index is 819. The van der Waals surface area contributed by atoms with E-state index in [1.165, 1.54) is 21.8 Å². The van der Waals surface area contributed by atoms with Crippen LogP contribution in [0.1, 0.15) is 15.3 Å². The van der Waals surface area contributed by atoms with Gasteiger partial charge in [-0.05, 0) is 43.2 Å². The zero-order valence-corrected chi connectivity index (χ0v) is 13.3. The molecular weight excluding hydrogens is 298 g/mol. The van der Waals surface area contributed by atoms with Gasteiger partial charge in [0.15, 0.2) is 0 Å². The van der Waals surface area contributed by atoms with Gasteiger partial charge >= 0.3 is 0 Å². The molecule has 0 radical (unpaired) electrons. The molecule has 3 rings (SSSR count).